The van der Waals surface area contributed by atoms with Crippen LogP contribution in [-0.2, 0) is 14.8 Å². The molecule has 0 spiro atoms. The van der Waals surface area contributed by atoms with Gasteiger partial charge in [-0.3, -0.25) is 9.59 Å². The number of amides is 2. The number of para-hydroxylation sites is 1. The van der Waals surface area contributed by atoms with Crippen LogP contribution in [0.5, 0.6) is 17.2 Å². The summed E-state index contributed by atoms with van der Waals surface area (Å²) in [5.74, 6) is -3.58. The Morgan fingerprint density at radius 1 is 0.917 bits per heavy atom. The highest BCUT2D eigenvalue weighted by molar-refractivity contribution is 7.89. The fourth-order valence-corrected chi connectivity index (χ4v) is 5.31. The Balaban J connectivity index is 1.66. The molecule has 1 aliphatic heterocycles. The molecule has 0 aromatic heterocycles. The molecular weight excluding hydrogens is 488 g/mol. The van der Waals surface area contributed by atoms with E-state index in [0.29, 0.717) is 11.4 Å². The van der Waals surface area contributed by atoms with Crippen molar-refractivity contribution in [3.63, 3.8) is 0 Å². The number of carbonyl (C=O) groups excluding carboxylic acids is 2. The number of hydrogen-bond donors (Lipinski definition) is 5. The molecule has 3 aromatic carbocycles. The normalized spacial score (nSPS) is 16.4. The Morgan fingerprint density at radius 3 is 2.14 bits per heavy atom. The summed E-state index contributed by atoms with van der Waals surface area (Å²) in [6.45, 7) is -0.598. The zero-order valence-electron chi connectivity index (χ0n) is 18.9. The number of phenols is 3. The highest BCUT2D eigenvalue weighted by Crippen LogP contribution is 2.36. The summed E-state index contributed by atoms with van der Waals surface area (Å²) in [5.41, 5.74) is 6.32. The van der Waals surface area contributed by atoms with E-state index in [-0.39, 0.29) is 30.1 Å². The maximum Gasteiger partial charge on any atom is 0.254 e. The lowest BCUT2D eigenvalue weighted by molar-refractivity contribution is -0.121. The quantitative estimate of drug-likeness (QED) is 0.253. The van der Waals surface area contributed by atoms with Gasteiger partial charge in [-0.1, -0.05) is 18.2 Å². The number of anilines is 2. The molecule has 4 rings (SSSR count). The molecule has 0 saturated carbocycles. The largest absolute Gasteiger partial charge is 0.504 e. The number of carbonyl (C=O) groups is 2. The summed E-state index contributed by atoms with van der Waals surface area (Å²) in [7, 11) is -4.00. The van der Waals surface area contributed by atoms with Crippen LogP contribution in [-0.4, -0.2) is 70.4 Å². The van der Waals surface area contributed by atoms with E-state index in [4.69, 9.17) is 5.73 Å². The van der Waals surface area contributed by atoms with Crippen molar-refractivity contribution < 1.29 is 33.3 Å². The van der Waals surface area contributed by atoms with E-state index < -0.39 is 45.1 Å². The highest BCUT2D eigenvalue weighted by atomic mass is 32.2. The second-order valence-electron chi connectivity index (χ2n) is 8.16. The number of nitrogen functional groups attached to an aromatic ring is 1. The molecule has 0 aliphatic carbocycles. The van der Waals surface area contributed by atoms with Crippen molar-refractivity contribution in [1.82, 2.24) is 9.21 Å². The van der Waals surface area contributed by atoms with E-state index in [2.05, 4.69) is 5.32 Å². The van der Waals surface area contributed by atoms with Gasteiger partial charge in [0.15, 0.2) is 17.2 Å². The fourth-order valence-electron chi connectivity index (χ4n) is 3.87. The van der Waals surface area contributed by atoms with Crippen molar-refractivity contribution in [3.05, 3.63) is 72.3 Å². The van der Waals surface area contributed by atoms with Gasteiger partial charge in [0.1, 0.15) is 6.04 Å². The Morgan fingerprint density at radius 2 is 1.53 bits per heavy atom. The predicted molar refractivity (Wildman–Crippen MR) is 131 cm³/mol. The molecule has 1 heterocycles. The number of benzene rings is 3. The molecule has 1 unspecified atom stereocenters. The van der Waals surface area contributed by atoms with Gasteiger partial charge in [0.2, 0.25) is 15.9 Å². The zero-order valence-corrected chi connectivity index (χ0v) is 19.7. The molecule has 1 saturated heterocycles. The van der Waals surface area contributed by atoms with Crippen molar-refractivity contribution in [3.8, 4) is 17.2 Å². The maximum absolute atomic E-state index is 13.3. The van der Waals surface area contributed by atoms with Crippen LogP contribution in [0.15, 0.2) is 71.6 Å². The first-order valence-electron chi connectivity index (χ1n) is 10.9. The Kier molecular flexibility index (Phi) is 6.73. The number of nitrogens with one attached hydrogen (secondary N) is 1. The van der Waals surface area contributed by atoms with Crippen molar-refractivity contribution >= 4 is 33.2 Å². The molecular formula is C24H24N4O7S. The molecule has 3 aromatic rings. The summed E-state index contributed by atoms with van der Waals surface area (Å²) in [6, 6.07) is 14.8. The van der Waals surface area contributed by atoms with Crippen LogP contribution in [0.3, 0.4) is 0 Å². The molecule has 6 N–H and O–H groups in total. The smallest absolute Gasteiger partial charge is 0.254 e. The van der Waals surface area contributed by atoms with E-state index in [1.165, 1.54) is 29.2 Å². The van der Waals surface area contributed by atoms with E-state index in [9.17, 15) is 33.3 Å². The lowest BCUT2D eigenvalue weighted by Gasteiger charge is -2.40. The number of sulfonamides is 1. The number of hydrogen-bond acceptors (Lipinski definition) is 8. The maximum atomic E-state index is 13.3. The van der Waals surface area contributed by atoms with Crippen LogP contribution in [0.4, 0.5) is 11.4 Å². The third-order valence-corrected chi connectivity index (χ3v) is 7.66. The minimum absolute atomic E-state index is 0.00734. The molecule has 11 nitrogen and oxygen atoms in total. The molecule has 0 radical (unpaired) electrons. The van der Waals surface area contributed by atoms with Crippen LogP contribution < -0.4 is 11.1 Å². The van der Waals surface area contributed by atoms with Gasteiger partial charge in [0, 0.05) is 36.6 Å². The third-order valence-electron chi connectivity index (χ3n) is 5.78. The Hall–Kier alpha value is -4.29. The standard InChI is InChI=1S/C24H24N4O7S/c25-16-6-8-18(9-7-16)36(34,35)27-10-11-28(24(33)15-12-20(29)22(31)21(30)13-15)19(14-27)23(32)26-17-4-2-1-3-5-17/h1-9,12-13,19,29-31H,10-11,14,25H2,(H,26,32). The average Bonchev–Trinajstić information content (AvgIpc) is 2.87. The topological polar surface area (TPSA) is 174 Å². The molecule has 2 amide bonds. The second-order valence-corrected chi connectivity index (χ2v) is 10.1. The Bertz CT molecular complexity index is 1370. The monoisotopic (exact) mass is 512 g/mol. The van der Waals surface area contributed by atoms with Gasteiger partial charge in [0.25, 0.3) is 5.91 Å². The lowest BCUT2D eigenvalue weighted by Crippen LogP contribution is -2.60. The van der Waals surface area contributed by atoms with Crippen LogP contribution in [0.25, 0.3) is 0 Å². The molecule has 36 heavy (non-hydrogen) atoms. The number of nitrogens with two attached hydrogens (primary N) is 1. The van der Waals surface area contributed by atoms with E-state index in [1.54, 1.807) is 30.3 Å². The summed E-state index contributed by atoms with van der Waals surface area (Å²) in [4.78, 5) is 27.7. The zero-order chi connectivity index (χ0) is 26.0. The van der Waals surface area contributed by atoms with Crippen LogP contribution >= 0.6 is 0 Å². The molecule has 188 valence electrons. The van der Waals surface area contributed by atoms with E-state index in [0.717, 1.165) is 16.4 Å². The lowest BCUT2D eigenvalue weighted by atomic mass is 10.1. The third kappa shape index (κ3) is 4.90. The molecule has 0 bridgehead atoms. The predicted octanol–water partition coefficient (Wildman–Crippen LogP) is 1.54. The minimum Gasteiger partial charge on any atom is -0.504 e. The number of piperazine rings is 1. The number of phenolic OH excluding ortho intramolecular Hbond substituents is 3. The summed E-state index contributed by atoms with van der Waals surface area (Å²) < 4.78 is 27.6. The van der Waals surface area contributed by atoms with Crippen molar-refractivity contribution in [2.24, 2.45) is 0 Å². The van der Waals surface area contributed by atoms with E-state index in [1.807, 2.05) is 0 Å². The van der Waals surface area contributed by atoms with E-state index >= 15 is 0 Å². The van der Waals surface area contributed by atoms with Gasteiger partial charge >= 0.3 is 0 Å². The molecule has 12 heteroatoms. The molecule has 1 aliphatic rings. The number of nitrogens with zero attached hydrogens (tertiary/aromatic N) is 2. The van der Waals surface area contributed by atoms with Gasteiger partial charge in [-0.25, -0.2) is 8.42 Å². The van der Waals surface area contributed by atoms with Gasteiger partial charge in [-0.2, -0.15) is 4.31 Å². The fraction of sp³-hybridized carbons (Fsp3) is 0.167. The van der Waals surface area contributed by atoms with Gasteiger partial charge in [-0.15, -0.1) is 0 Å². The average molecular weight is 513 g/mol. The minimum atomic E-state index is -4.00. The van der Waals surface area contributed by atoms with Crippen molar-refractivity contribution in [2.75, 3.05) is 30.7 Å². The summed E-state index contributed by atoms with van der Waals surface area (Å²) in [5, 5.41) is 32.0. The highest BCUT2D eigenvalue weighted by Gasteiger charge is 2.40. The first kappa shape index (κ1) is 24.8. The van der Waals surface area contributed by atoms with Gasteiger partial charge in [-0.05, 0) is 48.5 Å². The first-order valence-corrected chi connectivity index (χ1v) is 12.3. The first-order chi connectivity index (χ1) is 17.1. The van der Waals surface area contributed by atoms with Crippen molar-refractivity contribution in [2.45, 2.75) is 10.9 Å². The van der Waals surface area contributed by atoms with Gasteiger partial charge in [0.05, 0.1) is 4.90 Å². The van der Waals surface area contributed by atoms with Gasteiger partial charge < -0.3 is 31.3 Å². The van der Waals surface area contributed by atoms with Crippen molar-refractivity contribution in [1.29, 1.82) is 0 Å². The second kappa shape index (κ2) is 9.76. The molecule has 1 atom stereocenters. The summed E-state index contributed by atoms with van der Waals surface area (Å²) in [6.07, 6.45) is 0. The number of aromatic hydroxyl groups is 3. The number of rotatable bonds is 5. The summed E-state index contributed by atoms with van der Waals surface area (Å²) >= 11 is 0. The molecule has 1 fully saturated rings. The van der Waals surface area contributed by atoms with Crippen LogP contribution in [0, 0.1) is 0 Å². The van der Waals surface area contributed by atoms with Crippen LogP contribution in [0.2, 0.25) is 0 Å². The SMILES string of the molecule is Nc1ccc(S(=O)(=O)N2CCN(C(=O)c3cc(O)c(O)c(O)c3)C(C(=O)Nc3ccccc3)C2)cc1. The van der Waals surface area contributed by atoms with Crippen LogP contribution in [0.1, 0.15) is 10.4 Å². The Labute approximate surface area is 207 Å².